The van der Waals surface area contributed by atoms with Gasteiger partial charge in [-0.05, 0) is 74.2 Å². The molecular formula is C33H31F3N6O4. The molecule has 3 amide bonds. The number of halogens is 3. The van der Waals surface area contributed by atoms with E-state index < -0.39 is 40.4 Å². The van der Waals surface area contributed by atoms with Gasteiger partial charge in [0.25, 0.3) is 11.5 Å². The van der Waals surface area contributed by atoms with E-state index in [1.807, 2.05) is 0 Å². The fourth-order valence-corrected chi connectivity index (χ4v) is 6.22. The molecule has 4 aromatic rings. The quantitative estimate of drug-likeness (QED) is 0.279. The molecule has 1 saturated heterocycles. The number of fused-ring (bicyclic) bond motifs is 1. The molecule has 2 unspecified atom stereocenters. The Morgan fingerprint density at radius 1 is 0.957 bits per heavy atom. The first kappa shape index (κ1) is 30.8. The summed E-state index contributed by atoms with van der Waals surface area (Å²) < 4.78 is 50.1. The molecule has 46 heavy (non-hydrogen) atoms. The Morgan fingerprint density at radius 2 is 1.67 bits per heavy atom. The minimum Gasteiger partial charge on any atom is -0.454 e. The molecule has 1 aliphatic heterocycles. The monoisotopic (exact) mass is 632 g/mol. The van der Waals surface area contributed by atoms with Crippen molar-refractivity contribution in [2.45, 2.75) is 18.9 Å². The van der Waals surface area contributed by atoms with Crippen molar-refractivity contribution in [2.24, 2.45) is 11.8 Å². The standard InChI is InChI=1S/C33H31F3N6O4/c1-40-17-19-12-23(13-20(19)18-40)41(2)33(45)39-30-14-24(9-10-37-30)46-29-16-26(35)28(15-27(29)36)38-31(43)25-4-3-11-42(32(25)44)22-7-5-21(34)6-8-22/h3-11,14-16,19-20,23H,12-13,17-18H2,1-2H3,(H,38,43)(H,37,39,45). The summed E-state index contributed by atoms with van der Waals surface area (Å²) in [4.78, 5) is 46.9. The summed E-state index contributed by atoms with van der Waals surface area (Å²) in [6.07, 6.45) is 4.64. The van der Waals surface area contributed by atoms with Crippen molar-refractivity contribution in [2.75, 3.05) is 37.8 Å². The van der Waals surface area contributed by atoms with Gasteiger partial charge in [-0.2, -0.15) is 0 Å². The Morgan fingerprint density at radius 3 is 2.39 bits per heavy atom. The second kappa shape index (κ2) is 12.7. The van der Waals surface area contributed by atoms with Gasteiger partial charge >= 0.3 is 6.03 Å². The number of nitrogens with zero attached hydrogens (tertiary/aromatic N) is 4. The fourth-order valence-electron chi connectivity index (χ4n) is 6.22. The normalized spacial score (nSPS) is 19.0. The number of pyridine rings is 2. The largest absolute Gasteiger partial charge is 0.454 e. The number of urea groups is 1. The van der Waals surface area contributed by atoms with E-state index in [0.29, 0.717) is 17.5 Å². The van der Waals surface area contributed by atoms with Crippen LogP contribution in [0, 0.1) is 29.3 Å². The van der Waals surface area contributed by atoms with E-state index in [1.165, 1.54) is 48.8 Å². The number of benzene rings is 2. The number of hydrogen-bond acceptors (Lipinski definition) is 6. The zero-order valence-corrected chi connectivity index (χ0v) is 25.0. The third kappa shape index (κ3) is 6.45. The highest BCUT2D eigenvalue weighted by atomic mass is 19.1. The van der Waals surface area contributed by atoms with Gasteiger partial charge < -0.3 is 19.9 Å². The molecule has 10 nitrogen and oxygen atoms in total. The first-order chi connectivity index (χ1) is 22.0. The van der Waals surface area contributed by atoms with Crippen LogP contribution in [0.2, 0.25) is 0 Å². The number of carbonyl (C=O) groups excluding carboxylic acids is 2. The predicted octanol–water partition coefficient (Wildman–Crippen LogP) is 5.50. The summed E-state index contributed by atoms with van der Waals surface area (Å²) in [7, 11) is 3.86. The van der Waals surface area contributed by atoms with Gasteiger partial charge in [-0.3, -0.25) is 19.5 Å². The summed E-state index contributed by atoms with van der Waals surface area (Å²) >= 11 is 0. The van der Waals surface area contributed by atoms with Gasteiger partial charge in [0.2, 0.25) is 0 Å². The molecule has 1 saturated carbocycles. The second-order valence-corrected chi connectivity index (χ2v) is 11.7. The van der Waals surface area contributed by atoms with E-state index in [-0.39, 0.29) is 29.2 Å². The fraction of sp³-hybridized carbons (Fsp3) is 0.273. The average molecular weight is 633 g/mol. The zero-order chi connectivity index (χ0) is 32.5. The lowest BCUT2D eigenvalue weighted by Gasteiger charge is -2.26. The van der Waals surface area contributed by atoms with Crippen molar-refractivity contribution in [3.8, 4) is 17.2 Å². The van der Waals surface area contributed by atoms with Gasteiger partial charge in [0.15, 0.2) is 17.4 Å². The lowest BCUT2D eigenvalue weighted by Crippen LogP contribution is -2.39. The molecule has 2 fully saturated rings. The van der Waals surface area contributed by atoms with Gasteiger partial charge in [-0.25, -0.2) is 22.9 Å². The predicted molar refractivity (Wildman–Crippen MR) is 165 cm³/mol. The Hall–Kier alpha value is -5.17. The zero-order valence-electron chi connectivity index (χ0n) is 25.0. The topological polar surface area (TPSA) is 109 Å². The molecule has 2 aromatic carbocycles. The third-order valence-corrected chi connectivity index (χ3v) is 8.54. The maximum absolute atomic E-state index is 15.0. The SMILES string of the molecule is CN1CC2CC(N(C)C(=O)Nc3cc(Oc4cc(F)c(NC(=O)c5cccn(-c6ccc(F)cc6)c5=O)cc4F)ccn3)CC2C1. The first-order valence-corrected chi connectivity index (χ1v) is 14.7. The summed E-state index contributed by atoms with van der Waals surface area (Å²) in [5, 5.41) is 4.96. The van der Waals surface area contributed by atoms with Crippen LogP contribution in [0.5, 0.6) is 11.5 Å². The average Bonchev–Trinajstić information content (AvgIpc) is 3.57. The van der Waals surface area contributed by atoms with Gasteiger partial charge in [0.05, 0.1) is 5.69 Å². The van der Waals surface area contributed by atoms with E-state index in [4.69, 9.17) is 4.74 Å². The van der Waals surface area contributed by atoms with Crippen molar-refractivity contribution in [3.63, 3.8) is 0 Å². The van der Waals surface area contributed by atoms with Crippen LogP contribution >= 0.6 is 0 Å². The number of hydrogen-bond donors (Lipinski definition) is 2. The number of nitrogens with one attached hydrogen (secondary N) is 2. The number of ether oxygens (including phenoxy) is 1. The number of likely N-dealkylation sites (tertiary alicyclic amines) is 1. The van der Waals surface area contributed by atoms with Crippen LogP contribution in [0.25, 0.3) is 5.69 Å². The van der Waals surface area contributed by atoms with Crippen molar-refractivity contribution in [1.29, 1.82) is 0 Å². The van der Waals surface area contributed by atoms with Crippen molar-refractivity contribution in [3.05, 3.63) is 106 Å². The molecule has 1 aliphatic carbocycles. The van der Waals surface area contributed by atoms with Gasteiger partial charge in [-0.1, -0.05) is 0 Å². The first-order valence-electron chi connectivity index (χ1n) is 14.7. The van der Waals surface area contributed by atoms with E-state index in [2.05, 4.69) is 27.6 Å². The maximum atomic E-state index is 15.0. The summed E-state index contributed by atoms with van der Waals surface area (Å²) in [6.45, 7) is 2.07. The molecule has 238 valence electrons. The highest BCUT2D eigenvalue weighted by molar-refractivity contribution is 6.04. The molecule has 13 heteroatoms. The highest BCUT2D eigenvalue weighted by Crippen LogP contribution is 2.39. The third-order valence-electron chi connectivity index (χ3n) is 8.54. The van der Waals surface area contributed by atoms with Gasteiger partial charge in [-0.15, -0.1) is 0 Å². The van der Waals surface area contributed by atoms with E-state index in [0.717, 1.165) is 54.8 Å². The van der Waals surface area contributed by atoms with Crippen molar-refractivity contribution >= 4 is 23.4 Å². The summed E-state index contributed by atoms with van der Waals surface area (Å²) in [6, 6.07) is 11.8. The van der Waals surface area contributed by atoms with Crippen LogP contribution in [-0.2, 0) is 0 Å². The number of anilines is 2. The molecule has 2 aliphatic rings. The molecule has 3 heterocycles. The van der Waals surface area contributed by atoms with Crippen LogP contribution < -0.4 is 20.9 Å². The van der Waals surface area contributed by atoms with E-state index in [9.17, 15) is 18.8 Å². The van der Waals surface area contributed by atoms with Crippen molar-refractivity contribution in [1.82, 2.24) is 19.4 Å². The lowest BCUT2D eigenvalue weighted by atomic mass is 10.0. The van der Waals surface area contributed by atoms with Crippen LogP contribution in [0.4, 0.5) is 29.5 Å². The number of aromatic nitrogens is 2. The van der Waals surface area contributed by atoms with E-state index >= 15 is 8.78 Å². The Labute approximate surface area is 262 Å². The van der Waals surface area contributed by atoms with Gasteiger partial charge in [0.1, 0.15) is 22.9 Å². The van der Waals surface area contributed by atoms with Crippen LogP contribution in [0.3, 0.4) is 0 Å². The Kier molecular flexibility index (Phi) is 8.50. The van der Waals surface area contributed by atoms with Gasteiger partial charge in [0, 0.05) is 62.5 Å². The molecule has 2 aromatic heterocycles. The summed E-state index contributed by atoms with van der Waals surface area (Å²) in [5.41, 5.74) is -1.28. The molecule has 0 spiro atoms. The lowest BCUT2D eigenvalue weighted by molar-refractivity contribution is 0.102. The van der Waals surface area contributed by atoms with Crippen LogP contribution in [0.15, 0.2) is 77.9 Å². The second-order valence-electron chi connectivity index (χ2n) is 11.7. The smallest absolute Gasteiger partial charge is 0.323 e. The molecular weight excluding hydrogens is 601 g/mol. The molecule has 2 N–H and O–H groups in total. The number of rotatable bonds is 7. The highest BCUT2D eigenvalue weighted by Gasteiger charge is 2.42. The summed E-state index contributed by atoms with van der Waals surface area (Å²) in [5.74, 6) is -2.53. The maximum Gasteiger partial charge on any atom is 0.323 e. The molecule has 2 atom stereocenters. The minimum atomic E-state index is -1.02. The van der Waals surface area contributed by atoms with Crippen LogP contribution in [0.1, 0.15) is 23.2 Å². The Balaban J connectivity index is 1.11. The van der Waals surface area contributed by atoms with Crippen LogP contribution in [-0.4, -0.2) is 64.5 Å². The number of amides is 3. The molecule has 0 bridgehead atoms. The number of carbonyl (C=O) groups is 2. The molecule has 6 rings (SSSR count). The van der Waals surface area contributed by atoms with E-state index in [1.54, 1.807) is 11.9 Å². The Bertz CT molecular complexity index is 1840. The molecule has 0 radical (unpaired) electrons. The van der Waals surface area contributed by atoms with Crippen molar-refractivity contribution < 1.29 is 27.5 Å². The minimum absolute atomic E-state index is 0.0899.